The summed E-state index contributed by atoms with van der Waals surface area (Å²) < 4.78 is 5.61. The Kier molecular flexibility index (Phi) is 12.5. The Hall–Kier alpha value is -2.10. The second kappa shape index (κ2) is 13.9. The second-order valence-corrected chi connectivity index (χ2v) is 4.59. The maximum absolute atomic E-state index is 8.12. The smallest absolute Gasteiger partial charge is 0.373 e. The van der Waals surface area contributed by atoms with Gasteiger partial charge >= 0.3 is 6.15 Å². The first-order valence-electron chi connectivity index (χ1n) is 7.53. The Morgan fingerprint density at radius 3 is 2.36 bits per heavy atom. The molecule has 0 aliphatic carbocycles. The molecule has 0 aliphatic heterocycles. The molecule has 0 spiro atoms. The number of carbonyl (C=O) groups excluding carboxylic acids is 2. The van der Waals surface area contributed by atoms with Crippen molar-refractivity contribution in [2.24, 2.45) is 0 Å². The fourth-order valence-corrected chi connectivity index (χ4v) is 1.61. The highest BCUT2D eigenvalue weighted by atomic mass is 16.5. The third-order valence-corrected chi connectivity index (χ3v) is 2.80. The third kappa shape index (κ3) is 8.95. The fourth-order valence-electron chi connectivity index (χ4n) is 1.61. The van der Waals surface area contributed by atoms with E-state index in [0.29, 0.717) is 6.61 Å². The van der Waals surface area contributed by atoms with E-state index in [-0.39, 0.29) is 6.15 Å². The van der Waals surface area contributed by atoms with Gasteiger partial charge in [-0.1, -0.05) is 26.7 Å². The van der Waals surface area contributed by atoms with Crippen LogP contribution in [0.4, 0.5) is 0 Å². The molecule has 0 amide bonds. The van der Waals surface area contributed by atoms with Crippen LogP contribution in [0.5, 0.6) is 5.75 Å². The summed E-state index contributed by atoms with van der Waals surface area (Å²) >= 11 is 0. The zero-order valence-electron chi connectivity index (χ0n) is 13.3. The van der Waals surface area contributed by atoms with Crippen molar-refractivity contribution in [1.82, 2.24) is 4.98 Å². The van der Waals surface area contributed by atoms with Crippen molar-refractivity contribution in [3.05, 3.63) is 30.5 Å². The lowest BCUT2D eigenvalue weighted by Crippen LogP contribution is -1.95. The fraction of sp³-hybridized carbons (Fsp3) is 0.471. The van der Waals surface area contributed by atoms with E-state index in [1.54, 1.807) is 0 Å². The van der Waals surface area contributed by atoms with Crippen LogP contribution in [0.1, 0.15) is 39.5 Å². The number of ether oxygens (including phenoxy) is 1. The zero-order valence-corrected chi connectivity index (χ0v) is 13.3. The minimum absolute atomic E-state index is 0.250. The average molecular weight is 307 g/mol. The molecule has 0 saturated carbocycles. The molecule has 5 heteroatoms. The molecule has 0 aliphatic rings. The van der Waals surface area contributed by atoms with Crippen LogP contribution in [0.2, 0.25) is 0 Å². The topological polar surface area (TPSA) is 79.4 Å². The van der Waals surface area contributed by atoms with E-state index in [2.05, 4.69) is 37.0 Å². The molecule has 2 rings (SSSR count). The Bertz CT molecular complexity index is 528. The summed E-state index contributed by atoms with van der Waals surface area (Å²) in [6, 6.07) is 8.19. The number of H-pyrrole nitrogens is 1. The van der Waals surface area contributed by atoms with Crippen LogP contribution in [0.15, 0.2) is 30.5 Å². The predicted molar refractivity (Wildman–Crippen MR) is 85.7 cm³/mol. The van der Waals surface area contributed by atoms with Crippen molar-refractivity contribution in [2.45, 2.75) is 39.5 Å². The Labute approximate surface area is 131 Å². The first kappa shape index (κ1) is 19.9. The van der Waals surface area contributed by atoms with Crippen molar-refractivity contribution in [3.8, 4) is 5.75 Å². The van der Waals surface area contributed by atoms with Crippen LogP contribution in [0.3, 0.4) is 0 Å². The SMILES string of the molecule is CCCCO.CCCCOc1ccc2[nH]ccc2c1.O=C=O. The number of nitrogens with one attached hydrogen (secondary N) is 1. The number of benzene rings is 1. The van der Waals surface area contributed by atoms with Gasteiger partial charge in [-0.3, -0.25) is 0 Å². The van der Waals surface area contributed by atoms with Gasteiger partial charge < -0.3 is 14.8 Å². The molecule has 0 fully saturated rings. The van der Waals surface area contributed by atoms with Crippen LogP contribution in [-0.2, 0) is 9.59 Å². The maximum Gasteiger partial charge on any atom is 0.373 e. The molecule has 0 saturated heterocycles. The van der Waals surface area contributed by atoms with Gasteiger partial charge in [0.05, 0.1) is 6.61 Å². The Morgan fingerprint density at radius 2 is 1.82 bits per heavy atom. The van der Waals surface area contributed by atoms with Gasteiger partial charge in [-0.15, -0.1) is 0 Å². The number of hydrogen-bond donors (Lipinski definition) is 2. The zero-order chi connectivity index (χ0) is 16.6. The molecule has 2 N–H and O–H groups in total. The lowest BCUT2D eigenvalue weighted by Gasteiger charge is -2.04. The van der Waals surface area contributed by atoms with E-state index in [1.807, 2.05) is 12.3 Å². The predicted octanol–water partition coefficient (Wildman–Crippen LogP) is 3.54. The molecule has 0 bridgehead atoms. The van der Waals surface area contributed by atoms with Crippen molar-refractivity contribution < 1.29 is 19.4 Å². The summed E-state index contributed by atoms with van der Waals surface area (Å²) in [6.45, 7) is 5.37. The minimum atomic E-state index is 0.250. The number of hydrogen-bond acceptors (Lipinski definition) is 4. The van der Waals surface area contributed by atoms with Crippen molar-refractivity contribution in [2.75, 3.05) is 13.2 Å². The van der Waals surface area contributed by atoms with Gasteiger partial charge in [-0.25, -0.2) is 0 Å². The van der Waals surface area contributed by atoms with Gasteiger partial charge in [0.25, 0.3) is 0 Å². The first-order valence-corrected chi connectivity index (χ1v) is 7.53. The molecule has 5 nitrogen and oxygen atoms in total. The summed E-state index contributed by atoms with van der Waals surface area (Å²) in [5, 5.41) is 9.27. The lowest BCUT2D eigenvalue weighted by molar-refractivity contribution is -0.191. The number of aromatic amines is 1. The molecule has 2 aromatic rings. The number of aliphatic hydroxyl groups excluding tert-OH is 1. The highest BCUT2D eigenvalue weighted by Gasteiger charge is 1.97. The van der Waals surface area contributed by atoms with E-state index in [9.17, 15) is 0 Å². The van der Waals surface area contributed by atoms with Crippen LogP contribution in [0.25, 0.3) is 10.9 Å². The Balaban J connectivity index is 0.000000465. The quantitative estimate of drug-likeness (QED) is 0.800. The molecular formula is C17H25NO4. The van der Waals surface area contributed by atoms with E-state index < -0.39 is 0 Å². The summed E-state index contributed by atoms with van der Waals surface area (Å²) in [6.07, 6.45) is 6.52. The number of unbranched alkanes of at least 4 members (excludes halogenated alkanes) is 2. The van der Waals surface area contributed by atoms with E-state index >= 15 is 0 Å². The lowest BCUT2D eigenvalue weighted by atomic mass is 10.2. The molecule has 22 heavy (non-hydrogen) atoms. The standard InChI is InChI=1S/C12H15NO.C4H10O.CO2/c1-2-3-8-14-11-4-5-12-10(9-11)6-7-13-12;1-2-3-4-5;2-1-3/h4-7,9,13H,2-3,8H2,1H3;5H,2-4H2,1H3;. The van der Waals surface area contributed by atoms with Crippen LogP contribution >= 0.6 is 0 Å². The summed E-state index contributed by atoms with van der Waals surface area (Å²) in [5.41, 5.74) is 1.16. The van der Waals surface area contributed by atoms with Crippen LogP contribution in [-0.4, -0.2) is 29.5 Å². The first-order chi connectivity index (χ1) is 10.7. The minimum Gasteiger partial charge on any atom is -0.494 e. The largest absolute Gasteiger partial charge is 0.494 e. The Morgan fingerprint density at radius 1 is 1.14 bits per heavy atom. The second-order valence-electron chi connectivity index (χ2n) is 4.59. The normalized spacial score (nSPS) is 9.05. The molecule has 1 aromatic heterocycles. The average Bonchev–Trinajstić information content (AvgIpc) is 2.97. The highest BCUT2D eigenvalue weighted by Crippen LogP contribution is 2.19. The van der Waals surface area contributed by atoms with E-state index in [0.717, 1.165) is 37.1 Å². The van der Waals surface area contributed by atoms with Gasteiger partial charge in [0, 0.05) is 23.7 Å². The van der Waals surface area contributed by atoms with Crippen LogP contribution in [0, 0.1) is 0 Å². The number of fused-ring (bicyclic) bond motifs is 1. The van der Waals surface area contributed by atoms with Gasteiger partial charge in [0.2, 0.25) is 0 Å². The van der Waals surface area contributed by atoms with Crippen molar-refractivity contribution in [3.63, 3.8) is 0 Å². The summed E-state index contributed by atoms with van der Waals surface area (Å²) in [7, 11) is 0. The monoisotopic (exact) mass is 307 g/mol. The van der Waals surface area contributed by atoms with Crippen LogP contribution < -0.4 is 4.74 Å². The molecule has 0 unspecified atom stereocenters. The highest BCUT2D eigenvalue weighted by molar-refractivity contribution is 5.80. The van der Waals surface area contributed by atoms with Gasteiger partial charge in [-0.2, -0.15) is 9.59 Å². The van der Waals surface area contributed by atoms with Gasteiger partial charge in [0.15, 0.2) is 0 Å². The number of rotatable bonds is 6. The molecule has 0 radical (unpaired) electrons. The van der Waals surface area contributed by atoms with Gasteiger partial charge in [0.1, 0.15) is 5.75 Å². The molecular weight excluding hydrogens is 282 g/mol. The molecule has 1 heterocycles. The summed E-state index contributed by atoms with van der Waals surface area (Å²) in [4.78, 5) is 19.4. The third-order valence-electron chi connectivity index (χ3n) is 2.80. The van der Waals surface area contributed by atoms with E-state index in [4.69, 9.17) is 19.4 Å². The van der Waals surface area contributed by atoms with Crippen molar-refractivity contribution in [1.29, 1.82) is 0 Å². The van der Waals surface area contributed by atoms with Crippen molar-refractivity contribution >= 4 is 17.1 Å². The number of aliphatic hydroxyl groups is 1. The van der Waals surface area contributed by atoms with E-state index in [1.165, 1.54) is 11.8 Å². The molecule has 1 aromatic carbocycles. The summed E-state index contributed by atoms with van der Waals surface area (Å²) in [5.74, 6) is 0.963. The molecule has 122 valence electrons. The maximum atomic E-state index is 8.12. The molecule has 0 atom stereocenters. The number of aromatic nitrogens is 1. The van der Waals surface area contributed by atoms with Gasteiger partial charge in [-0.05, 0) is 37.1 Å².